The Morgan fingerprint density at radius 1 is 1.15 bits per heavy atom. The number of pyridine rings is 1. The lowest BCUT2D eigenvalue weighted by Gasteiger charge is -2.19. The number of carbonyl (C=O) groups excluding carboxylic acids is 1. The molecule has 0 spiro atoms. The summed E-state index contributed by atoms with van der Waals surface area (Å²) in [5, 5.41) is 0. The van der Waals surface area contributed by atoms with Crippen LogP contribution in [-0.4, -0.2) is 24.0 Å². The topological polar surface area (TPSA) is 48.4 Å². The molecule has 0 fully saturated rings. The van der Waals surface area contributed by atoms with Crippen molar-refractivity contribution in [1.82, 2.24) is 4.98 Å². The molecule has 0 amide bonds. The molecular weight excluding hydrogens is 254 g/mol. The highest BCUT2D eigenvalue weighted by atomic mass is 16.6. The summed E-state index contributed by atoms with van der Waals surface area (Å²) in [5.41, 5.74) is 1.39. The number of hydrogen-bond donors (Lipinski definition) is 0. The zero-order valence-electron chi connectivity index (χ0n) is 11.2. The summed E-state index contributed by atoms with van der Waals surface area (Å²) in [6.45, 7) is 2.92. The number of ether oxygens (including phenoxy) is 2. The van der Waals surface area contributed by atoms with Crippen molar-refractivity contribution in [3.8, 4) is 11.5 Å². The number of rotatable bonds is 3. The van der Waals surface area contributed by atoms with Gasteiger partial charge in [-0.25, -0.2) is 0 Å². The van der Waals surface area contributed by atoms with Crippen molar-refractivity contribution < 1.29 is 14.3 Å². The minimum atomic E-state index is -0.279. The number of hydrogen-bond acceptors (Lipinski definition) is 4. The fourth-order valence-electron chi connectivity index (χ4n) is 2.21. The van der Waals surface area contributed by atoms with Crippen LogP contribution in [-0.2, 0) is 0 Å². The number of nitrogens with zero attached hydrogens (tertiary/aromatic N) is 1. The van der Waals surface area contributed by atoms with E-state index in [4.69, 9.17) is 9.47 Å². The second-order valence-electron chi connectivity index (χ2n) is 4.70. The van der Waals surface area contributed by atoms with E-state index in [2.05, 4.69) is 4.98 Å². The van der Waals surface area contributed by atoms with Crippen molar-refractivity contribution in [2.75, 3.05) is 13.2 Å². The highest BCUT2D eigenvalue weighted by molar-refractivity contribution is 6.01. The predicted molar refractivity (Wildman–Crippen MR) is 74.4 cm³/mol. The van der Waals surface area contributed by atoms with Gasteiger partial charge in [-0.05, 0) is 37.3 Å². The van der Waals surface area contributed by atoms with Gasteiger partial charge in [-0.3, -0.25) is 9.78 Å². The molecule has 1 atom stereocenters. The zero-order chi connectivity index (χ0) is 13.9. The summed E-state index contributed by atoms with van der Waals surface area (Å²) in [7, 11) is 0. The molecule has 0 radical (unpaired) electrons. The number of carbonyl (C=O) groups is 1. The van der Waals surface area contributed by atoms with Gasteiger partial charge < -0.3 is 9.47 Å². The Morgan fingerprint density at radius 2 is 1.95 bits per heavy atom. The van der Waals surface area contributed by atoms with E-state index in [9.17, 15) is 4.79 Å². The Labute approximate surface area is 117 Å². The molecule has 0 N–H and O–H groups in total. The molecular formula is C16H15NO3. The second-order valence-corrected chi connectivity index (χ2v) is 4.70. The highest BCUT2D eigenvalue weighted by Gasteiger charge is 2.20. The molecule has 1 aromatic carbocycles. The van der Waals surface area contributed by atoms with Crippen LogP contribution in [0.2, 0.25) is 0 Å². The molecule has 4 nitrogen and oxygen atoms in total. The van der Waals surface area contributed by atoms with Crippen LogP contribution in [0.15, 0.2) is 42.6 Å². The Kier molecular flexibility index (Phi) is 3.37. The fourth-order valence-corrected chi connectivity index (χ4v) is 2.21. The predicted octanol–water partition coefficient (Wildman–Crippen LogP) is 2.84. The van der Waals surface area contributed by atoms with Crippen LogP contribution >= 0.6 is 0 Å². The maximum absolute atomic E-state index is 12.5. The molecule has 1 unspecified atom stereocenters. The standard InChI is InChI=1S/C16H15NO3/c1-11(13-4-2-3-7-17-13)16(18)12-5-6-14-15(10-12)20-9-8-19-14/h2-7,10-11H,8-9H2,1H3. The summed E-state index contributed by atoms with van der Waals surface area (Å²) in [6.07, 6.45) is 1.70. The summed E-state index contributed by atoms with van der Waals surface area (Å²) in [4.78, 5) is 16.7. The number of ketones is 1. The van der Waals surface area contributed by atoms with E-state index in [-0.39, 0.29) is 11.7 Å². The first-order chi connectivity index (χ1) is 9.75. The van der Waals surface area contributed by atoms with Gasteiger partial charge in [0.05, 0.1) is 11.6 Å². The quantitative estimate of drug-likeness (QED) is 0.804. The Hall–Kier alpha value is -2.36. The molecule has 0 saturated carbocycles. The van der Waals surface area contributed by atoms with Crippen molar-refractivity contribution >= 4 is 5.78 Å². The third-order valence-corrected chi connectivity index (χ3v) is 3.35. The highest BCUT2D eigenvalue weighted by Crippen LogP contribution is 2.32. The van der Waals surface area contributed by atoms with Crippen LogP contribution in [0.25, 0.3) is 0 Å². The molecule has 4 heteroatoms. The molecule has 0 saturated heterocycles. The number of Topliss-reactive ketones (excluding diaryl/α,β-unsaturated/α-hetero) is 1. The monoisotopic (exact) mass is 269 g/mol. The third kappa shape index (κ3) is 2.37. The summed E-state index contributed by atoms with van der Waals surface area (Å²) >= 11 is 0. The van der Waals surface area contributed by atoms with E-state index in [1.165, 1.54) is 0 Å². The Balaban J connectivity index is 1.87. The molecule has 3 rings (SSSR count). The van der Waals surface area contributed by atoms with E-state index in [0.29, 0.717) is 30.3 Å². The van der Waals surface area contributed by atoms with Gasteiger partial charge in [0.1, 0.15) is 13.2 Å². The van der Waals surface area contributed by atoms with Crippen LogP contribution in [0.5, 0.6) is 11.5 Å². The summed E-state index contributed by atoms with van der Waals surface area (Å²) in [5.74, 6) is 1.08. The van der Waals surface area contributed by atoms with E-state index >= 15 is 0 Å². The first-order valence-corrected chi connectivity index (χ1v) is 6.60. The molecule has 20 heavy (non-hydrogen) atoms. The molecule has 1 aliphatic heterocycles. The van der Waals surface area contributed by atoms with Gasteiger partial charge in [-0.15, -0.1) is 0 Å². The van der Waals surface area contributed by atoms with Crippen molar-refractivity contribution in [3.63, 3.8) is 0 Å². The van der Waals surface area contributed by atoms with Crippen LogP contribution in [0.1, 0.15) is 28.9 Å². The average molecular weight is 269 g/mol. The number of fused-ring (bicyclic) bond motifs is 1. The molecule has 102 valence electrons. The van der Waals surface area contributed by atoms with Crippen molar-refractivity contribution in [3.05, 3.63) is 53.9 Å². The minimum Gasteiger partial charge on any atom is -0.486 e. The van der Waals surface area contributed by atoms with Crippen molar-refractivity contribution in [2.24, 2.45) is 0 Å². The lowest BCUT2D eigenvalue weighted by Crippen LogP contribution is -2.16. The maximum atomic E-state index is 12.5. The number of aromatic nitrogens is 1. The second kappa shape index (κ2) is 5.33. The van der Waals surface area contributed by atoms with E-state index in [0.717, 1.165) is 5.69 Å². The van der Waals surface area contributed by atoms with Crippen LogP contribution < -0.4 is 9.47 Å². The van der Waals surface area contributed by atoms with Crippen LogP contribution in [0, 0.1) is 0 Å². The molecule has 1 aromatic heterocycles. The first-order valence-electron chi connectivity index (χ1n) is 6.60. The SMILES string of the molecule is CC(C(=O)c1ccc2c(c1)OCCO2)c1ccccn1. The minimum absolute atomic E-state index is 0.0284. The van der Waals surface area contributed by atoms with Gasteiger partial charge in [0.25, 0.3) is 0 Å². The normalized spacial score (nSPS) is 14.7. The largest absolute Gasteiger partial charge is 0.486 e. The van der Waals surface area contributed by atoms with Gasteiger partial charge in [0, 0.05) is 11.8 Å². The van der Waals surface area contributed by atoms with Gasteiger partial charge in [0.15, 0.2) is 17.3 Å². The Bertz CT molecular complexity index is 625. The average Bonchev–Trinajstić information content (AvgIpc) is 2.54. The Morgan fingerprint density at radius 3 is 2.70 bits per heavy atom. The van der Waals surface area contributed by atoms with Crippen molar-refractivity contribution in [2.45, 2.75) is 12.8 Å². The summed E-state index contributed by atoms with van der Waals surface area (Å²) in [6, 6.07) is 10.9. The van der Waals surface area contributed by atoms with Crippen LogP contribution in [0.4, 0.5) is 0 Å². The molecule has 1 aliphatic rings. The maximum Gasteiger partial charge on any atom is 0.171 e. The molecule has 2 heterocycles. The summed E-state index contributed by atoms with van der Waals surface area (Å²) < 4.78 is 11.0. The molecule has 0 aliphatic carbocycles. The first kappa shape index (κ1) is 12.7. The van der Waals surface area contributed by atoms with Crippen molar-refractivity contribution in [1.29, 1.82) is 0 Å². The fraction of sp³-hybridized carbons (Fsp3) is 0.250. The van der Waals surface area contributed by atoms with Gasteiger partial charge in [-0.1, -0.05) is 6.07 Å². The van der Waals surface area contributed by atoms with Crippen LogP contribution in [0.3, 0.4) is 0 Å². The lowest BCUT2D eigenvalue weighted by atomic mass is 9.95. The zero-order valence-corrected chi connectivity index (χ0v) is 11.2. The third-order valence-electron chi connectivity index (χ3n) is 3.35. The van der Waals surface area contributed by atoms with Gasteiger partial charge >= 0.3 is 0 Å². The van der Waals surface area contributed by atoms with E-state index < -0.39 is 0 Å². The number of benzene rings is 1. The molecule has 0 bridgehead atoms. The van der Waals surface area contributed by atoms with Gasteiger partial charge in [-0.2, -0.15) is 0 Å². The van der Waals surface area contributed by atoms with Gasteiger partial charge in [0.2, 0.25) is 0 Å². The smallest absolute Gasteiger partial charge is 0.171 e. The molecule has 2 aromatic rings. The lowest BCUT2D eigenvalue weighted by molar-refractivity contribution is 0.0963. The van der Waals surface area contributed by atoms with E-state index in [1.807, 2.05) is 25.1 Å². The van der Waals surface area contributed by atoms with E-state index in [1.54, 1.807) is 24.4 Å².